The van der Waals surface area contributed by atoms with E-state index in [0.29, 0.717) is 6.61 Å². The van der Waals surface area contributed by atoms with Crippen molar-refractivity contribution in [2.45, 2.75) is 32.8 Å². The van der Waals surface area contributed by atoms with Crippen molar-refractivity contribution in [2.75, 3.05) is 7.11 Å². The van der Waals surface area contributed by atoms with Crippen molar-refractivity contribution in [3.63, 3.8) is 0 Å². The lowest BCUT2D eigenvalue weighted by Crippen LogP contribution is -2.15. The lowest BCUT2D eigenvalue weighted by molar-refractivity contribution is 0.183. The van der Waals surface area contributed by atoms with Crippen molar-refractivity contribution in [1.82, 2.24) is 0 Å². The molecule has 0 aromatic heterocycles. The fraction of sp³-hybridized carbons (Fsp3) is 0.375. The number of fused-ring (bicyclic) bond motifs is 1. The van der Waals surface area contributed by atoms with Gasteiger partial charge in [0.25, 0.3) is 0 Å². The van der Waals surface area contributed by atoms with Crippen LogP contribution in [0.15, 0.2) is 36.4 Å². The van der Waals surface area contributed by atoms with Gasteiger partial charge in [0.1, 0.15) is 0 Å². The van der Waals surface area contributed by atoms with Crippen LogP contribution in [0, 0.1) is 0 Å². The summed E-state index contributed by atoms with van der Waals surface area (Å²) < 4.78 is 5.31. The molecule has 0 aliphatic carbocycles. The standard InChI is InChI=1S/C16H20O/c1-16(2,3)15-13(11-17-4)10-9-12-7-5-6-8-14(12)15/h5-10H,11H2,1-4H3. The van der Waals surface area contributed by atoms with E-state index in [0.717, 1.165) is 0 Å². The molecule has 0 saturated heterocycles. The molecule has 1 nitrogen and oxygen atoms in total. The molecular weight excluding hydrogens is 208 g/mol. The molecule has 2 rings (SSSR count). The molecule has 2 aromatic rings. The third kappa shape index (κ3) is 2.34. The second-order valence-corrected chi connectivity index (χ2v) is 5.50. The molecule has 0 radical (unpaired) electrons. The molecule has 0 N–H and O–H groups in total. The molecule has 90 valence electrons. The Kier molecular flexibility index (Phi) is 3.21. The van der Waals surface area contributed by atoms with Gasteiger partial charge in [-0.05, 0) is 27.3 Å². The predicted octanol–water partition coefficient (Wildman–Crippen LogP) is 4.28. The van der Waals surface area contributed by atoms with Crippen LogP contribution in [0.25, 0.3) is 10.8 Å². The van der Waals surface area contributed by atoms with E-state index < -0.39 is 0 Å². The van der Waals surface area contributed by atoms with Crippen LogP contribution >= 0.6 is 0 Å². The molecule has 0 aliphatic rings. The second-order valence-electron chi connectivity index (χ2n) is 5.50. The predicted molar refractivity (Wildman–Crippen MR) is 73.4 cm³/mol. The molecular formula is C16H20O. The van der Waals surface area contributed by atoms with Crippen LogP contribution in [-0.2, 0) is 16.8 Å². The van der Waals surface area contributed by atoms with E-state index in [1.165, 1.54) is 21.9 Å². The summed E-state index contributed by atoms with van der Waals surface area (Å²) in [5.74, 6) is 0. The maximum atomic E-state index is 5.31. The fourth-order valence-electron chi connectivity index (χ4n) is 2.48. The Morgan fingerprint density at radius 2 is 1.71 bits per heavy atom. The average molecular weight is 228 g/mol. The van der Waals surface area contributed by atoms with E-state index in [4.69, 9.17) is 4.74 Å². The topological polar surface area (TPSA) is 9.23 Å². The van der Waals surface area contributed by atoms with Crippen molar-refractivity contribution in [3.8, 4) is 0 Å². The van der Waals surface area contributed by atoms with E-state index in [1.807, 2.05) is 0 Å². The summed E-state index contributed by atoms with van der Waals surface area (Å²) in [6, 6.07) is 12.9. The first-order valence-corrected chi connectivity index (χ1v) is 6.04. The number of methoxy groups -OCH3 is 1. The van der Waals surface area contributed by atoms with Gasteiger partial charge >= 0.3 is 0 Å². The smallest absolute Gasteiger partial charge is 0.0716 e. The van der Waals surface area contributed by atoms with Crippen LogP contribution in [-0.4, -0.2) is 7.11 Å². The molecule has 0 atom stereocenters. The fourth-order valence-corrected chi connectivity index (χ4v) is 2.48. The highest BCUT2D eigenvalue weighted by Crippen LogP contribution is 2.33. The first-order valence-electron chi connectivity index (χ1n) is 6.04. The van der Waals surface area contributed by atoms with Crippen molar-refractivity contribution in [1.29, 1.82) is 0 Å². The summed E-state index contributed by atoms with van der Waals surface area (Å²) in [6.45, 7) is 7.45. The van der Waals surface area contributed by atoms with E-state index in [2.05, 4.69) is 57.2 Å². The molecule has 17 heavy (non-hydrogen) atoms. The highest BCUT2D eigenvalue weighted by molar-refractivity contribution is 5.87. The Morgan fingerprint density at radius 3 is 2.35 bits per heavy atom. The zero-order valence-electron chi connectivity index (χ0n) is 11.1. The van der Waals surface area contributed by atoms with Crippen molar-refractivity contribution < 1.29 is 4.74 Å². The van der Waals surface area contributed by atoms with Gasteiger partial charge in [-0.3, -0.25) is 0 Å². The Morgan fingerprint density at radius 1 is 1.00 bits per heavy atom. The highest BCUT2D eigenvalue weighted by atomic mass is 16.5. The average Bonchev–Trinajstić information content (AvgIpc) is 2.27. The van der Waals surface area contributed by atoms with Gasteiger partial charge in [-0.2, -0.15) is 0 Å². The second kappa shape index (κ2) is 4.50. The number of hydrogen-bond acceptors (Lipinski definition) is 1. The molecule has 2 aromatic carbocycles. The quantitative estimate of drug-likeness (QED) is 0.745. The summed E-state index contributed by atoms with van der Waals surface area (Å²) in [4.78, 5) is 0. The van der Waals surface area contributed by atoms with Crippen LogP contribution in [0.4, 0.5) is 0 Å². The Balaban J connectivity index is 2.75. The van der Waals surface area contributed by atoms with Gasteiger partial charge in [0.05, 0.1) is 6.61 Å². The Bertz CT molecular complexity index is 521. The molecule has 0 amide bonds. The molecule has 1 heteroatoms. The van der Waals surface area contributed by atoms with Gasteiger partial charge < -0.3 is 4.74 Å². The van der Waals surface area contributed by atoms with E-state index >= 15 is 0 Å². The van der Waals surface area contributed by atoms with Crippen molar-refractivity contribution in [2.24, 2.45) is 0 Å². The lowest BCUT2D eigenvalue weighted by atomic mass is 9.80. The van der Waals surface area contributed by atoms with Gasteiger partial charge in [0.2, 0.25) is 0 Å². The zero-order valence-corrected chi connectivity index (χ0v) is 11.1. The van der Waals surface area contributed by atoms with Crippen LogP contribution in [0.5, 0.6) is 0 Å². The normalized spacial score (nSPS) is 12.0. The summed E-state index contributed by atoms with van der Waals surface area (Å²) in [5.41, 5.74) is 2.82. The van der Waals surface area contributed by atoms with Crippen LogP contribution in [0.2, 0.25) is 0 Å². The molecule has 0 fully saturated rings. The monoisotopic (exact) mass is 228 g/mol. The molecule has 0 saturated carbocycles. The van der Waals surface area contributed by atoms with Gasteiger partial charge in [0, 0.05) is 7.11 Å². The van der Waals surface area contributed by atoms with Gasteiger partial charge in [-0.15, -0.1) is 0 Å². The summed E-state index contributed by atoms with van der Waals surface area (Å²) in [7, 11) is 1.75. The van der Waals surface area contributed by atoms with Gasteiger partial charge in [0.15, 0.2) is 0 Å². The molecule has 0 heterocycles. The van der Waals surface area contributed by atoms with Crippen LogP contribution < -0.4 is 0 Å². The molecule has 0 bridgehead atoms. The Hall–Kier alpha value is -1.34. The minimum atomic E-state index is 0.134. The molecule has 0 unspecified atom stereocenters. The summed E-state index contributed by atoms with van der Waals surface area (Å²) >= 11 is 0. The van der Waals surface area contributed by atoms with Crippen molar-refractivity contribution >= 4 is 10.8 Å². The SMILES string of the molecule is COCc1ccc2ccccc2c1C(C)(C)C. The number of ether oxygens (including phenoxy) is 1. The first kappa shape index (κ1) is 12.1. The van der Waals surface area contributed by atoms with E-state index in [-0.39, 0.29) is 5.41 Å². The number of hydrogen-bond donors (Lipinski definition) is 0. The third-order valence-electron chi connectivity index (χ3n) is 3.07. The van der Waals surface area contributed by atoms with E-state index in [9.17, 15) is 0 Å². The van der Waals surface area contributed by atoms with Crippen LogP contribution in [0.3, 0.4) is 0 Å². The molecule has 0 aliphatic heterocycles. The maximum absolute atomic E-state index is 5.31. The maximum Gasteiger partial charge on any atom is 0.0716 e. The van der Waals surface area contributed by atoms with Crippen molar-refractivity contribution in [3.05, 3.63) is 47.5 Å². The minimum absolute atomic E-state index is 0.134. The highest BCUT2D eigenvalue weighted by Gasteiger charge is 2.20. The van der Waals surface area contributed by atoms with Crippen LogP contribution in [0.1, 0.15) is 31.9 Å². The van der Waals surface area contributed by atoms with E-state index in [1.54, 1.807) is 7.11 Å². The first-order chi connectivity index (χ1) is 8.04. The Labute approximate surface area is 103 Å². The summed E-state index contributed by atoms with van der Waals surface area (Å²) in [5, 5.41) is 2.65. The minimum Gasteiger partial charge on any atom is -0.380 e. The largest absolute Gasteiger partial charge is 0.380 e. The van der Waals surface area contributed by atoms with Gasteiger partial charge in [-0.1, -0.05) is 57.2 Å². The molecule has 0 spiro atoms. The number of rotatable bonds is 2. The third-order valence-corrected chi connectivity index (χ3v) is 3.07. The number of benzene rings is 2. The summed E-state index contributed by atoms with van der Waals surface area (Å²) in [6.07, 6.45) is 0. The van der Waals surface area contributed by atoms with Gasteiger partial charge in [-0.25, -0.2) is 0 Å². The zero-order chi connectivity index (χ0) is 12.5. The lowest BCUT2D eigenvalue weighted by Gasteiger charge is -2.25.